The van der Waals surface area contributed by atoms with Crippen LogP contribution in [0.25, 0.3) is 0 Å². The number of fused-ring (bicyclic) bond motifs is 1. The number of nitrogens with one attached hydrogen (secondary N) is 2. The van der Waals surface area contributed by atoms with Gasteiger partial charge in [-0.1, -0.05) is 30.3 Å². The predicted octanol–water partition coefficient (Wildman–Crippen LogP) is 2.89. The molecule has 1 amide bonds. The molecule has 0 aliphatic carbocycles. The van der Waals surface area contributed by atoms with Gasteiger partial charge in [-0.2, -0.15) is 0 Å². The molecule has 2 N–H and O–H groups in total. The van der Waals surface area contributed by atoms with Crippen LogP contribution in [0.2, 0.25) is 0 Å². The number of aromatic amines is 1. The van der Waals surface area contributed by atoms with Gasteiger partial charge in [0.1, 0.15) is 19.0 Å². The van der Waals surface area contributed by atoms with Crippen molar-refractivity contribution in [3.8, 4) is 11.5 Å². The Morgan fingerprint density at radius 1 is 1.12 bits per heavy atom. The summed E-state index contributed by atoms with van der Waals surface area (Å²) in [4.78, 5) is 20.2. The molecule has 4 rings (SSSR count). The largest absolute Gasteiger partial charge is 0.486 e. The van der Waals surface area contributed by atoms with Crippen molar-refractivity contribution < 1.29 is 14.3 Å². The number of hydrogen-bond donors (Lipinski definition) is 2. The van der Waals surface area contributed by atoms with Crippen molar-refractivity contribution in [1.82, 2.24) is 15.3 Å². The zero-order chi connectivity index (χ0) is 17.8. The average molecular weight is 349 g/mol. The Labute approximate surface area is 151 Å². The molecular weight excluding hydrogens is 330 g/mol. The number of imidazole rings is 1. The number of rotatable bonds is 5. The fourth-order valence-corrected chi connectivity index (χ4v) is 2.97. The number of carbonyl (C=O) groups is 1. The van der Waals surface area contributed by atoms with Gasteiger partial charge in [-0.05, 0) is 23.8 Å². The highest BCUT2D eigenvalue weighted by Gasteiger charge is 2.19. The van der Waals surface area contributed by atoms with Crippen LogP contribution in [0, 0.1) is 0 Å². The van der Waals surface area contributed by atoms with Crippen LogP contribution in [0.4, 0.5) is 0 Å². The molecule has 0 radical (unpaired) electrons. The first kappa shape index (κ1) is 16.2. The first-order valence-corrected chi connectivity index (χ1v) is 8.53. The summed E-state index contributed by atoms with van der Waals surface area (Å²) in [5.74, 6) is 1.93. The second-order valence-electron chi connectivity index (χ2n) is 6.04. The number of amides is 1. The van der Waals surface area contributed by atoms with Crippen molar-refractivity contribution in [2.45, 2.75) is 12.5 Å². The van der Waals surface area contributed by atoms with Crippen LogP contribution in [-0.4, -0.2) is 29.1 Å². The number of nitrogens with zero attached hydrogens (tertiary/aromatic N) is 1. The fourth-order valence-electron chi connectivity index (χ4n) is 2.97. The highest BCUT2D eigenvalue weighted by molar-refractivity contribution is 5.95. The van der Waals surface area contributed by atoms with Crippen LogP contribution < -0.4 is 14.8 Å². The Kier molecular flexibility index (Phi) is 4.55. The van der Waals surface area contributed by atoms with Gasteiger partial charge in [-0.15, -0.1) is 0 Å². The van der Waals surface area contributed by atoms with E-state index in [1.54, 1.807) is 30.6 Å². The van der Waals surface area contributed by atoms with E-state index in [1.165, 1.54) is 0 Å². The molecule has 3 aromatic rings. The topological polar surface area (TPSA) is 76.2 Å². The van der Waals surface area contributed by atoms with E-state index in [2.05, 4.69) is 15.3 Å². The second kappa shape index (κ2) is 7.31. The van der Waals surface area contributed by atoms with Gasteiger partial charge in [-0.25, -0.2) is 4.98 Å². The smallest absolute Gasteiger partial charge is 0.251 e. The van der Waals surface area contributed by atoms with Crippen molar-refractivity contribution in [3.63, 3.8) is 0 Å². The zero-order valence-electron chi connectivity index (χ0n) is 14.1. The van der Waals surface area contributed by atoms with E-state index in [-0.39, 0.29) is 11.9 Å². The van der Waals surface area contributed by atoms with E-state index in [9.17, 15) is 4.79 Å². The first-order chi connectivity index (χ1) is 12.8. The van der Waals surface area contributed by atoms with Crippen LogP contribution in [0.1, 0.15) is 27.8 Å². The van der Waals surface area contributed by atoms with Crippen LogP contribution in [0.15, 0.2) is 60.9 Å². The Morgan fingerprint density at radius 3 is 2.69 bits per heavy atom. The minimum Gasteiger partial charge on any atom is -0.486 e. The lowest BCUT2D eigenvalue weighted by molar-refractivity contribution is 0.0935. The molecule has 1 aliphatic rings. The third kappa shape index (κ3) is 3.54. The minimum absolute atomic E-state index is 0.164. The molecule has 0 unspecified atom stereocenters. The summed E-state index contributed by atoms with van der Waals surface area (Å²) in [5, 5.41) is 3.10. The Bertz CT molecular complexity index is 879. The van der Waals surface area contributed by atoms with Crippen molar-refractivity contribution in [3.05, 3.63) is 77.9 Å². The molecule has 26 heavy (non-hydrogen) atoms. The molecule has 1 aliphatic heterocycles. The molecule has 0 fully saturated rings. The van der Waals surface area contributed by atoms with E-state index in [4.69, 9.17) is 9.47 Å². The summed E-state index contributed by atoms with van der Waals surface area (Å²) in [7, 11) is 0. The molecule has 1 aromatic heterocycles. The maximum atomic E-state index is 12.8. The molecule has 2 heterocycles. The third-order valence-corrected chi connectivity index (χ3v) is 4.26. The summed E-state index contributed by atoms with van der Waals surface area (Å²) in [6.45, 7) is 1.01. The molecule has 2 aromatic carbocycles. The van der Waals surface area contributed by atoms with Gasteiger partial charge in [0.2, 0.25) is 0 Å². The maximum absolute atomic E-state index is 12.8. The lowest BCUT2D eigenvalue weighted by Crippen LogP contribution is -2.30. The summed E-state index contributed by atoms with van der Waals surface area (Å²) < 4.78 is 11.1. The number of H-pyrrole nitrogens is 1. The van der Waals surface area contributed by atoms with Crippen molar-refractivity contribution in [2.24, 2.45) is 0 Å². The summed E-state index contributed by atoms with van der Waals surface area (Å²) in [5.41, 5.74) is 1.56. The summed E-state index contributed by atoms with van der Waals surface area (Å²) >= 11 is 0. The van der Waals surface area contributed by atoms with E-state index < -0.39 is 0 Å². The molecule has 1 atom stereocenters. The van der Waals surface area contributed by atoms with Gasteiger partial charge in [0, 0.05) is 24.4 Å². The molecule has 0 saturated heterocycles. The molecule has 6 heteroatoms. The number of carbonyl (C=O) groups excluding carboxylic acids is 1. The van der Waals surface area contributed by atoms with Crippen molar-refractivity contribution in [1.29, 1.82) is 0 Å². The first-order valence-electron chi connectivity index (χ1n) is 8.53. The monoisotopic (exact) mass is 349 g/mol. The molecule has 0 bridgehead atoms. The number of ether oxygens (including phenoxy) is 2. The lowest BCUT2D eigenvalue weighted by Gasteiger charge is -2.21. The van der Waals surface area contributed by atoms with Gasteiger partial charge >= 0.3 is 0 Å². The molecular formula is C20H19N3O3. The number of hydrogen-bond acceptors (Lipinski definition) is 4. The quantitative estimate of drug-likeness (QED) is 0.743. The number of aromatic nitrogens is 2. The normalized spacial score (nSPS) is 13.8. The predicted molar refractivity (Wildman–Crippen MR) is 96.4 cm³/mol. The highest BCUT2D eigenvalue weighted by Crippen LogP contribution is 2.31. The Morgan fingerprint density at radius 2 is 1.92 bits per heavy atom. The minimum atomic E-state index is -0.192. The van der Waals surface area contributed by atoms with Crippen LogP contribution in [-0.2, 0) is 6.42 Å². The molecule has 0 spiro atoms. The summed E-state index contributed by atoms with van der Waals surface area (Å²) in [6, 6.07) is 14.9. The van der Waals surface area contributed by atoms with Crippen molar-refractivity contribution in [2.75, 3.05) is 13.2 Å². The van der Waals surface area contributed by atoms with Gasteiger partial charge in [0.05, 0.1) is 6.04 Å². The Balaban J connectivity index is 1.56. The molecule has 132 valence electrons. The lowest BCUT2D eigenvalue weighted by atomic mass is 10.0. The third-order valence-electron chi connectivity index (χ3n) is 4.26. The summed E-state index contributed by atoms with van der Waals surface area (Å²) in [6.07, 6.45) is 4.06. The number of benzene rings is 2. The fraction of sp³-hybridized carbons (Fsp3) is 0.200. The zero-order valence-corrected chi connectivity index (χ0v) is 14.1. The van der Waals surface area contributed by atoms with Crippen LogP contribution in [0.3, 0.4) is 0 Å². The van der Waals surface area contributed by atoms with Gasteiger partial charge in [0.25, 0.3) is 5.91 Å². The van der Waals surface area contributed by atoms with Crippen LogP contribution in [0.5, 0.6) is 11.5 Å². The van der Waals surface area contributed by atoms with Gasteiger partial charge in [-0.3, -0.25) is 4.79 Å². The van der Waals surface area contributed by atoms with E-state index in [0.717, 1.165) is 11.4 Å². The standard InChI is InChI=1S/C20H19N3O3/c24-20(15-6-7-17-18(12-15)26-11-10-25-17)23-16(13-19-21-8-9-22-19)14-4-2-1-3-5-14/h1-9,12,16H,10-11,13H2,(H,21,22)(H,23,24)/t16-/m0/s1. The average Bonchev–Trinajstić information content (AvgIpc) is 3.21. The Hall–Kier alpha value is -3.28. The molecule has 6 nitrogen and oxygen atoms in total. The van der Waals surface area contributed by atoms with Crippen molar-refractivity contribution >= 4 is 5.91 Å². The maximum Gasteiger partial charge on any atom is 0.251 e. The molecule has 0 saturated carbocycles. The van der Waals surface area contributed by atoms with Gasteiger partial charge in [0.15, 0.2) is 11.5 Å². The SMILES string of the molecule is O=C(N[C@@H](Cc1ncc[nH]1)c1ccccc1)c1ccc2c(c1)OCCO2. The van der Waals surface area contributed by atoms with E-state index in [1.807, 2.05) is 30.3 Å². The van der Waals surface area contributed by atoms with E-state index in [0.29, 0.717) is 36.7 Å². The van der Waals surface area contributed by atoms with Gasteiger partial charge < -0.3 is 19.8 Å². The van der Waals surface area contributed by atoms with E-state index >= 15 is 0 Å². The highest BCUT2D eigenvalue weighted by atomic mass is 16.6. The van der Waals surface area contributed by atoms with Crippen LogP contribution >= 0.6 is 0 Å². The second-order valence-corrected chi connectivity index (χ2v) is 6.04.